The minimum absolute atomic E-state index is 0. The number of alkyl halides is 9. The number of hydrogen-bond donors (Lipinski definition) is 0. The predicted octanol–water partition coefficient (Wildman–Crippen LogP) is 9.90. The molecule has 3 nitrogen and oxygen atoms in total. The fourth-order valence-electron chi connectivity index (χ4n) is 2.88. The quantitative estimate of drug-likeness (QED) is 0.0829. The van der Waals surface area contributed by atoms with E-state index in [0.29, 0.717) is 12.1 Å². The molecule has 14 heteroatoms. The smallest absolute Gasteiger partial charge is 0.662 e. The molecule has 0 saturated carbocycles. The number of hydrogen-bond acceptors (Lipinski definition) is 0. The second kappa shape index (κ2) is 26.3. The minimum atomic E-state index is -7.72. The van der Waals surface area contributed by atoms with Crippen LogP contribution in [-0.4, -0.2) is 64.7 Å². The van der Waals surface area contributed by atoms with Gasteiger partial charge in [0.1, 0.15) is 0 Å². The third-order valence-corrected chi connectivity index (χ3v) is 8.41. The summed E-state index contributed by atoms with van der Waals surface area (Å²) in [5, 5.41) is 10.9. The van der Waals surface area contributed by atoms with Gasteiger partial charge < -0.3 is 16.0 Å². The maximum Gasteiger partial charge on any atom is 4.00 e. The van der Waals surface area contributed by atoms with E-state index in [2.05, 4.69) is 57.5 Å². The predicted molar refractivity (Wildman–Crippen MR) is 147 cm³/mol. The molecule has 1 aromatic carbocycles. The van der Waals surface area contributed by atoms with Gasteiger partial charge in [-0.3, -0.25) is 0 Å². The second-order valence-electron chi connectivity index (χ2n) is 8.43. The van der Waals surface area contributed by atoms with E-state index in [0.717, 1.165) is 39.3 Å². The molecule has 0 amide bonds. The molecule has 236 valence electrons. The molecular formula is C26H46F9HfN3Si. The van der Waals surface area contributed by atoms with Crippen LogP contribution in [0.2, 0.25) is 0 Å². The molecule has 0 aliphatic heterocycles. The largest absolute Gasteiger partial charge is 4.00 e. The van der Waals surface area contributed by atoms with Crippen molar-refractivity contribution in [3.63, 3.8) is 0 Å². The molecule has 0 saturated heterocycles. The van der Waals surface area contributed by atoms with Crippen LogP contribution in [0.25, 0.3) is 16.0 Å². The molecule has 0 fully saturated rings. The summed E-state index contributed by atoms with van der Waals surface area (Å²) in [5.74, 6) is -19.2. The normalized spacial score (nSPS) is 11.7. The van der Waals surface area contributed by atoms with Crippen molar-refractivity contribution >= 4 is 13.3 Å². The number of nitrogens with zero attached hydrogens (tertiary/aromatic N) is 3. The van der Waals surface area contributed by atoms with Gasteiger partial charge >= 0.3 is 51.3 Å². The summed E-state index contributed by atoms with van der Waals surface area (Å²) >= 11 is 0. The number of halogens is 9. The molecule has 0 radical (unpaired) electrons. The SMILES string of the molecule is CCC[N-]CCC.CCC[N-]CCC.CCC[N-]CCC.FC(F)(F)[Si]([c-]1cccc1)(C(F)(F)F)C(F)(F)F.[Hf+4]. The fourth-order valence-corrected chi connectivity index (χ4v) is 5.52. The third kappa shape index (κ3) is 19.0. The molecule has 0 bridgehead atoms. The van der Waals surface area contributed by atoms with Gasteiger partial charge in [-0.2, -0.15) is 51.6 Å². The van der Waals surface area contributed by atoms with E-state index >= 15 is 0 Å². The molecule has 0 heterocycles. The van der Waals surface area contributed by atoms with Crippen molar-refractivity contribution < 1.29 is 65.4 Å². The van der Waals surface area contributed by atoms with Crippen molar-refractivity contribution in [2.75, 3.05) is 39.3 Å². The molecule has 0 aliphatic rings. The molecule has 0 atom stereocenters. The standard InChI is InChI=1S/C8H4F9Si.3C6H14N.Hf/c9-6(10,11)18(7(12,13)14,8(15,16)17)5-3-1-2-4-5;3*1-3-5-7-6-4-2;/h1-4H;3*3-6H2,1-2H3;/q4*-1;+4. The summed E-state index contributed by atoms with van der Waals surface area (Å²) < 4.78 is 113. The monoisotopic (exact) mass is 779 g/mol. The van der Waals surface area contributed by atoms with Gasteiger partial charge in [0.15, 0.2) is 0 Å². The molecule has 0 unspecified atom stereocenters. The Hall–Kier alpha value is -0.313. The van der Waals surface area contributed by atoms with Crippen LogP contribution in [0.1, 0.15) is 80.1 Å². The van der Waals surface area contributed by atoms with Gasteiger partial charge in [0.2, 0.25) is 0 Å². The van der Waals surface area contributed by atoms with E-state index in [1.165, 1.54) is 38.5 Å². The van der Waals surface area contributed by atoms with Crippen molar-refractivity contribution in [2.24, 2.45) is 0 Å². The van der Waals surface area contributed by atoms with Gasteiger partial charge in [-0.25, -0.2) is 12.1 Å². The van der Waals surface area contributed by atoms with Gasteiger partial charge in [-0.1, -0.05) is 80.1 Å². The van der Waals surface area contributed by atoms with Crippen LogP contribution >= 0.6 is 0 Å². The van der Waals surface area contributed by atoms with Gasteiger partial charge in [0.25, 0.3) is 0 Å². The first kappa shape index (κ1) is 46.6. The molecule has 0 aliphatic carbocycles. The summed E-state index contributed by atoms with van der Waals surface area (Å²) in [6.07, 6.45) is 7.17. The zero-order chi connectivity index (χ0) is 31.0. The zero-order valence-electron chi connectivity index (χ0n) is 24.5. The van der Waals surface area contributed by atoms with Crippen LogP contribution in [0.5, 0.6) is 0 Å². The van der Waals surface area contributed by atoms with Crippen LogP contribution in [0, 0.1) is 0 Å². The Bertz CT molecular complexity index is 567. The Kier molecular flexibility index (Phi) is 30.7. The average molecular weight is 778 g/mol. The summed E-state index contributed by atoms with van der Waals surface area (Å²) in [4.78, 5) is 0. The van der Waals surface area contributed by atoms with Crippen LogP contribution in [0.4, 0.5) is 39.5 Å². The first-order valence-electron chi connectivity index (χ1n) is 13.4. The summed E-state index contributed by atoms with van der Waals surface area (Å²) in [6, 6.07) is 1.84. The Labute approximate surface area is 255 Å². The molecule has 0 N–H and O–H groups in total. The Morgan fingerprint density at radius 2 is 0.675 bits per heavy atom. The third-order valence-electron chi connectivity index (χ3n) is 4.66. The van der Waals surface area contributed by atoms with Crippen molar-refractivity contribution in [3.05, 3.63) is 40.2 Å². The second-order valence-corrected chi connectivity index (χ2v) is 12.2. The van der Waals surface area contributed by atoms with Crippen LogP contribution in [0.15, 0.2) is 24.3 Å². The van der Waals surface area contributed by atoms with Crippen LogP contribution in [0.3, 0.4) is 0 Å². The summed E-state index contributed by atoms with van der Waals surface area (Å²) in [7, 11) is -7.72. The van der Waals surface area contributed by atoms with Crippen molar-refractivity contribution in [1.82, 2.24) is 0 Å². The summed E-state index contributed by atoms with van der Waals surface area (Å²) in [5.41, 5.74) is 0. The maximum atomic E-state index is 12.6. The van der Waals surface area contributed by atoms with Crippen molar-refractivity contribution in [1.29, 1.82) is 0 Å². The van der Waals surface area contributed by atoms with Gasteiger partial charge in [-0.15, -0.1) is 44.5 Å². The fraction of sp³-hybridized carbons (Fsp3) is 0.808. The molecule has 0 spiro atoms. The van der Waals surface area contributed by atoms with Crippen molar-refractivity contribution in [2.45, 2.75) is 97.5 Å². The Morgan fingerprint density at radius 1 is 0.475 bits per heavy atom. The molecular weight excluding hydrogens is 732 g/mol. The molecule has 40 heavy (non-hydrogen) atoms. The van der Waals surface area contributed by atoms with E-state index in [1.54, 1.807) is 0 Å². The topological polar surface area (TPSA) is 42.3 Å². The first-order chi connectivity index (χ1) is 18.1. The Morgan fingerprint density at radius 3 is 0.825 bits per heavy atom. The number of rotatable bonds is 13. The maximum absolute atomic E-state index is 12.6. The average Bonchev–Trinajstić information content (AvgIpc) is 3.33. The van der Waals surface area contributed by atoms with Gasteiger partial charge in [-0.05, 0) is 0 Å². The van der Waals surface area contributed by atoms with Crippen molar-refractivity contribution in [3.8, 4) is 0 Å². The van der Waals surface area contributed by atoms with E-state index < -0.39 is 30.7 Å². The van der Waals surface area contributed by atoms with E-state index in [1.807, 2.05) is 0 Å². The van der Waals surface area contributed by atoms with Gasteiger partial charge in [0.05, 0.1) is 0 Å². The van der Waals surface area contributed by atoms with E-state index in [4.69, 9.17) is 0 Å². The summed E-state index contributed by atoms with van der Waals surface area (Å²) in [6.45, 7) is 19.2. The first-order valence-corrected chi connectivity index (χ1v) is 15.4. The van der Waals surface area contributed by atoms with Gasteiger partial charge in [0, 0.05) is 0 Å². The molecule has 0 aromatic heterocycles. The zero-order valence-corrected chi connectivity index (χ0v) is 29.1. The van der Waals surface area contributed by atoms with Crippen LogP contribution < -0.4 is 5.19 Å². The van der Waals surface area contributed by atoms with Crippen LogP contribution in [-0.2, 0) is 25.8 Å². The van der Waals surface area contributed by atoms with E-state index in [-0.39, 0.29) is 38.0 Å². The molecule has 1 aromatic rings. The minimum Gasteiger partial charge on any atom is -0.662 e. The van der Waals surface area contributed by atoms with E-state index in [9.17, 15) is 39.5 Å². The molecule has 1 rings (SSSR count). The Balaban J connectivity index is -0.000000245.